The summed E-state index contributed by atoms with van der Waals surface area (Å²) >= 11 is 0. The van der Waals surface area contributed by atoms with E-state index in [2.05, 4.69) is 17.1 Å². The molecule has 0 spiro atoms. The van der Waals surface area contributed by atoms with Crippen molar-refractivity contribution in [3.8, 4) is 5.75 Å². The van der Waals surface area contributed by atoms with Crippen LogP contribution in [0.25, 0.3) is 0 Å². The molecule has 17 heavy (non-hydrogen) atoms. The van der Waals surface area contributed by atoms with Crippen LogP contribution in [-0.4, -0.2) is 32.8 Å². The molecule has 1 N–H and O–H groups in total. The van der Waals surface area contributed by atoms with Crippen LogP contribution in [0.2, 0.25) is 0 Å². The van der Waals surface area contributed by atoms with Crippen LogP contribution in [0, 0.1) is 5.82 Å². The molecule has 1 fully saturated rings. The first kappa shape index (κ1) is 12.2. The lowest BCUT2D eigenvalue weighted by Crippen LogP contribution is -2.50. The molecule has 0 bridgehead atoms. The lowest BCUT2D eigenvalue weighted by molar-refractivity contribution is 0.386. The van der Waals surface area contributed by atoms with Gasteiger partial charge in [0.2, 0.25) is 0 Å². The van der Waals surface area contributed by atoms with Crippen molar-refractivity contribution in [1.82, 2.24) is 5.32 Å². The fraction of sp³-hybridized carbons (Fsp3) is 0.538. The van der Waals surface area contributed by atoms with Crippen molar-refractivity contribution in [2.24, 2.45) is 0 Å². The molecule has 0 aliphatic carbocycles. The summed E-state index contributed by atoms with van der Waals surface area (Å²) in [6.07, 6.45) is 1.09. The smallest absolute Gasteiger partial charge is 0.167 e. The van der Waals surface area contributed by atoms with Crippen LogP contribution in [0.15, 0.2) is 18.2 Å². The van der Waals surface area contributed by atoms with Gasteiger partial charge in [-0.25, -0.2) is 4.39 Å². The molecule has 1 aromatic rings. The number of benzene rings is 1. The van der Waals surface area contributed by atoms with Gasteiger partial charge in [0.15, 0.2) is 11.6 Å². The summed E-state index contributed by atoms with van der Waals surface area (Å²) in [6.45, 7) is 4.96. The highest BCUT2D eigenvalue weighted by Crippen LogP contribution is 2.24. The van der Waals surface area contributed by atoms with Crippen LogP contribution >= 0.6 is 0 Å². The van der Waals surface area contributed by atoms with Gasteiger partial charge in [0.25, 0.3) is 0 Å². The largest absolute Gasteiger partial charge is 0.494 e. The number of nitrogens with zero attached hydrogens (tertiary/aromatic N) is 1. The summed E-state index contributed by atoms with van der Waals surface area (Å²) in [5.41, 5.74) is 0.934. The lowest BCUT2D eigenvalue weighted by atomic mass is 10.1. The van der Waals surface area contributed by atoms with Gasteiger partial charge in [-0.3, -0.25) is 0 Å². The van der Waals surface area contributed by atoms with E-state index < -0.39 is 0 Å². The number of anilines is 1. The normalized spacial score (nSPS) is 20.4. The Morgan fingerprint density at radius 1 is 1.53 bits per heavy atom. The fourth-order valence-electron chi connectivity index (χ4n) is 2.19. The van der Waals surface area contributed by atoms with Crippen molar-refractivity contribution < 1.29 is 9.13 Å². The first-order valence-corrected chi connectivity index (χ1v) is 6.06. The molecule has 1 atom stereocenters. The predicted molar refractivity (Wildman–Crippen MR) is 67.2 cm³/mol. The standard InChI is InChI=1S/C13H19FN2O/c1-3-10-9-16(7-6-15-10)11-4-5-13(17-2)12(14)8-11/h4-5,8,10,15H,3,6-7,9H2,1-2H3. The molecule has 1 aliphatic heterocycles. The van der Waals surface area contributed by atoms with E-state index >= 15 is 0 Å². The van der Waals surface area contributed by atoms with E-state index in [4.69, 9.17) is 4.74 Å². The van der Waals surface area contributed by atoms with Gasteiger partial charge < -0.3 is 15.0 Å². The molecule has 1 aromatic carbocycles. The van der Waals surface area contributed by atoms with E-state index in [1.54, 1.807) is 12.1 Å². The molecular formula is C13H19FN2O. The van der Waals surface area contributed by atoms with Crippen LogP contribution < -0.4 is 15.0 Å². The Balaban J connectivity index is 2.13. The average molecular weight is 238 g/mol. The zero-order valence-electron chi connectivity index (χ0n) is 10.4. The Hall–Kier alpha value is -1.29. The van der Waals surface area contributed by atoms with Crippen LogP contribution in [-0.2, 0) is 0 Å². The Morgan fingerprint density at radius 2 is 2.35 bits per heavy atom. The Morgan fingerprint density at radius 3 is 3.00 bits per heavy atom. The summed E-state index contributed by atoms with van der Waals surface area (Å²) in [7, 11) is 1.48. The maximum Gasteiger partial charge on any atom is 0.167 e. The summed E-state index contributed by atoms with van der Waals surface area (Å²) in [6, 6.07) is 5.65. The maximum atomic E-state index is 13.6. The molecule has 0 amide bonds. The van der Waals surface area contributed by atoms with Crippen LogP contribution in [0.5, 0.6) is 5.75 Å². The summed E-state index contributed by atoms with van der Waals surface area (Å²) in [4.78, 5) is 2.22. The molecule has 0 radical (unpaired) electrons. The molecule has 4 heteroatoms. The van der Waals surface area contributed by atoms with Crippen molar-refractivity contribution in [2.75, 3.05) is 31.6 Å². The van der Waals surface area contributed by atoms with E-state index in [-0.39, 0.29) is 5.82 Å². The van der Waals surface area contributed by atoms with E-state index in [1.807, 2.05) is 6.07 Å². The van der Waals surface area contributed by atoms with Gasteiger partial charge in [-0.1, -0.05) is 6.92 Å². The fourth-order valence-corrected chi connectivity index (χ4v) is 2.19. The molecule has 1 heterocycles. The molecule has 94 valence electrons. The number of methoxy groups -OCH3 is 1. The molecule has 1 aliphatic rings. The van der Waals surface area contributed by atoms with E-state index in [0.717, 1.165) is 31.7 Å². The van der Waals surface area contributed by atoms with Crippen molar-refractivity contribution in [3.63, 3.8) is 0 Å². The summed E-state index contributed by atoms with van der Waals surface area (Å²) < 4.78 is 18.5. The minimum atomic E-state index is -0.295. The number of hydrogen-bond acceptors (Lipinski definition) is 3. The van der Waals surface area contributed by atoms with Crippen molar-refractivity contribution >= 4 is 5.69 Å². The highest BCUT2D eigenvalue weighted by atomic mass is 19.1. The number of ether oxygens (including phenoxy) is 1. The van der Waals surface area contributed by atoms with Crippen molar-refractivity contribution in [2.45, 2.75) is 19.4 Å². The van der Waals surface area contributed by atoms with Gasteiger partial charge in [0.1, 0.15) is 0 Å². The second kappa shape index (κ2) is 5.36. The Kier molecular flexibility index (Phi) is 3.84. The van der Waals surface area contributed by atoms with Gasteiger partial charge in [0.05, 0.1) is 7.11 Å². The lowest BCUT2D eigenvalue weighted by Gasteiger charge is -2.35. The average Bonchev–Trinajstić information content (AvgIpc) is 2.38. The van der Waals surface area contributed by atoms with Crippen molar-refractivity contribution in [1.29, 1.82) is 0 Å². The van der Waals surface area contributed by atoms with Gasteiger partial charge in [-0.05, 0) is 18.6 Å². The summed E-state index contributed by atoms with van der Waals surface area (Å²) in [5, 5.41) is 3.45. The number of nitrogens with one attached hydrogen (secondary N) is 1. The molecule has 0 aromatic heterocycles. The minimum absolute atomic E-state index is 0.295. The summed E-state index contributed by atoms with van der Waals surface area (Å²) in [5.74, 6) is 0.00695. The maximum absolute atomic E-state index is 13.6. The molecule has 1 unspecified atom stereocenters. The minimum Gasteiger partial charge on any atom is -0.494 e. The third kappa shape index (κ3) is 2.69. The first-order chi connectivity index (χ1) is 8.24. The van der Waals surface area contributed by atoms with Gasteiger partial charge in [-0.2, -0.15) is 0 Å². The van der Waals surface area contributed by atoms with E-state index in [9.17, 15) is 4.39 Å². The molecule has 2 rings (SSSR count). The van der Waals surface area contributed by atoms with Crippen LogP contribution in [0.4, 0.5) is 10.1 Å². The third-order valence-electron chi connectivity index (χ3n) is 3.25. The highest BCUT2D eigenvalue weighted by molar-refractivity contribution is 5.50. The van der Waals surface area contributed by atoms with E-state index in [1.165, 1.54) is 7.11 Å². The topological polar surface area (TPSA) is 24.5 Å². The van der Waals surface area contributed by atoms with E-state index in [0.29, 0.717) is 11.8 Å². The third-order valence-corrected chi connectivity index (χ3v) is 3.25. The SMILES string of the molecule is CCC1CN(c2ccc(OC)c(F)c2)CCN1. The zero-order chi connectivity index (χ0) is 12.3. The molecular weight excluding hydrogens is 219 g/mol. The predicted octanol–water partition coefficient (Wildman–Crippen LogP) is 2.02. The quantitative estimate of drug-likeness (QED) is 0.872. The second-order valence-corrected chi connectivity index (χ2v) is 4.32. The second-order valence-electron chi connectivity index (χ2n) is 4.32. The number of hydrogen-bond donors (Lipinski definition) is 1. The van der Waals surface area contributed by atoms with Gasteiger partial charge >= 0.3 is 0 Å². The first-order valence-electron chi connectivity index (χ1n) is 6.06. The van der Waals surface area contributed by atoms with Gasteiger partial charge in [-0.15, -0.1) is 0 Å². The van der Waals surface area contributed by atoms with Gasteiger partial charge in [0, 0.05) is 37.4 Å². The molecule has 1 saturated heterocycles. The van der Waals surface area contributed by atoms with Crippen LogP contribution in [0.1, 0.15) is 13.3 Å². The monoisotopic (exact) mass is 238 g/mol. The van der Waals surface area contributed by atoms with Crippen molar-refractivity contribution in [3.05, 3.63) is 24.0 Å². The van der Waals surface area contributed by atoms with Crippen LogP contribution in [0.3, 0.4) is 0 Å². The molecule has 3 nitrogen and oxygen atoms in total. The number of piperazine rings is 1. The number of halogens is 1. The highest BCUT2D eigenvalue weighted by Gasteiger charge is 2.18. The molecule has 0 saturated carbocycles. The Labute approximate surface area is 102 Å². The Bertz CT molecular complexity index is 384. The zero-order valence-corrected chi connectivity index (χ0v) is 10.4. The number of rotatable bonds is 3.